The molecule has 0 N–H and O–H groups in total. The molecule has 0 bridgehead atoms. The van der Waals surface area contributed by atoms with Gasteiger partial charge in [-0.15, -0.1) is 0 Å². The summed E-state index contributed by atoms with van der Waals surface area (Å²) in [6.07, 6.45) is 5.40. The third-order valence-electron chi connectivity index (χ3n) is 2.31. The maximum Gasteiger partial charge on any atom is 0.331 e. The Labute approximate surface area is 97.0 Å². The number of allylic oxidation sites excluding steroid dienone is 1. The zero-order valence-electron chi connectivity index (χ0n) is 10.7. The Hall–Kier alpha value is -1.32. The number of aliphatic imine (C=N–C) groups is 1. The van der Waals surface area contributed by atoms with Crippen molar-refractivity contribution in [2.45, 2.75) is 45.8 Å². The van der Waals surface area contributed by atoms with Crippen LogP contribution in [0.4, 0.5) is 0 Å². The van der Waals surface area contributed by atoms with Crippen molar-refractivity contribution in [2.24, 2.45) is 4.99 Å². The van der Waals surface area contributed by atoms with E-state index in [1.54, 1.807) is 6.21 Å². The molecule has 0 unspecified atom stereocenters. The molecule has 1 aliphatic rings. The third-order valence-corrected chi connectivity index (χ3v) is 2.31. The van der Waals surface area contributed by atoms with E-state index in [0.29, 0.717) is 6.67 Å². The molecule has 16 heavy (non-hydrogen) atoms. The van der Waals surface area contributed by atoms with Crippen LogP contribution in [0.3, 0.4) is 0 Å². The minimum Gasteiger partial charge on any atom is -0.458 e. The number of carbonyl (C=O) groups is 1. The van der Waals surface area contributed by atoms with Crippen LogP contribution >= 0.6 is 0 Å². The minimum atomic E-state index is -0.693. The number of carbonyl (C=O) groups excluding carboxylic acids is 1. The Bertz CT molecular complexity index is 324. The molecule has 0 amide bonds. The van der Waals surface area contributed by atoms with E-state index in [1.165, 1.54) is 0 Å². The molecule has 0 saturated heterocycles. The molecule has 0 aromatic carbocycles. The summed E-state index contributed by atoms with van der Waals surface area (Å²) in [6.45, 7) is 9.77. The monoisotopic (exact) mass is 224 g/mol. The van der Waals surface area contributed by atoms with E-state index in [4.69, 9.17) is 4.74 Å². The van der Waals surface area contributed by atoms with Crippen LogP contribution in [0.5, 0.6) is 0 Å². The predicted octanol–water partition coefficient (Wildman–Crippen LogP) is 1.96. The maximum absolute atomic E-state index is 12.0. The van der Waals surface area contributed by atoms with Gasteiger partial charge in [0, 0.05) is 12.4 Å². The van der Waals surface area contributed by atoms with E-state index in [2.05, 4.69) is 4.99 Å². The first-order chi connectivity index (χ1) is 7.23. The van der Waals surface area contributed by atoms with Gasteiger partial charge in [-0.3, -0.25) is 4.99 Å². The quantitative estimate of drug-likeness (QED) is 0.673. The van der Waals surface area contributed by atoms with Crippen molar-refractivity contribution in [3.05, 3.63) is 12.3 Å². The highest BCUT2D eigenvalue weighted by atomic mass is 16.6. The SMILES string of the molecule is CC(C)(C)OC(=O)C(C)(C)N1C=CC=NC1. The second kappa shape index (κ2) is 4.28. The van der Waals surface area contributed by atoms with E-state index in [-0.39, 0.29) is 5.97 Å². The zero-order chi connectivity index (χ0) is 12.4. The first-order valence-electron chi connectivity index (χ1n) is 5.40. The van der Waals surface area contributed by atoms with Gasteiger partial charge in [0.2, 0.25) is 0 Å². The van der Waals surface area contributed by atoms with Crippen LogP contribution in [0, 0.1) is 0 Å². The van der Waals surface area contributed by atoms with Crippen LogP contribution in [0.15, 0.2) is 17.3 Å². The summed E-state index contributed by atoms with van der Waals surface area (Å²) in [5.74, 6) is -0.234. The molecule has 0 fully saturated rings. The van der Waals surface area contributed by atoms with E-state index >= 15 is 0 Å². The van der Waals surface area contributed by atoms with Crippen LogP contribution in [0.1, 0.15) is 34.6 Å². The first kappa shape index (κ1) is 12.7. The molecule has 0 aliphatic carbocycles. The molecule has 1 rings (SSSR count). The minimum absolute atomic E-state index is 0.234. The summed E-state index contributed by atoms with van der Waals surface area (Å²) >= 11 is 0. The van der Waals surface area contributed by atoms with Gasteiger partial charge in [0.1, 0.15) is 17.8 Å². The van der Waals surface area contributed by atoms with Crippen molar-refractivity contribution in [3.63, 3.8) is 0 Å². The number of esters is 1. The predicted molar refractivity (Wildman–Crippen MR) is 64.3 cm³/mol. The Morgan fingerprint density at radius 3 is 2.38 bits per heavy atom. The van der Waals surface area contributed by atoms with E-state index in [1.807, 2.05) is 51.8 Å². The van der Waals surface area contributed by atoms with Gasteiger partial charge in [0.25, 0.3) is 0 Å². The molecular formula is C12H20N2O2. The van der Waals surface area contributed by atoms with Crippen molar-refractivity contribution in [3.8, 4) is 0 Å². The average Bonchev–Trinajstić information content (AvgIpc) is 2.16. The second-order valence-electron chi connectivity index (χ2n) is 5.35. The van der Waals surface area contributed by atoms with Crippen molar-refractivity contribution in [1.29, 1.82) is 0 Å². The summed E-state index contributed by atoms with van der Waals surface area (Å²) in [5.41, 5.74) is -1.15. The number of hydrogen-bond acceptors (Lipinski definition) is 4. The van der Waals surface area contributed by atoms with Crippen LogP contribution in [0.2, 0.25) is 0 Å². The summed E-state index contributed by atoms with van der Waals surface area (Å²) in [5, 5.41) is 0. The van der Waals surface area contributed by atoms with Crippen molar-refractivity contribution < 1.29 is 9.53 Å². The van der Waals surface area contributed by atoms with Gasteiger partial charge < -0.3 is 9.64 Å². The van der Waals surface area contributed by atoms with E-state index < -0.39 is 11.1 Å². The molecule has 0 aromatic heterocycles. The Balaban J connectivity index is 2.73. The van der Waals surface area contributed by atoms with Crippen LogP contribution in [-0.2, 0) is 9.53 Å². The molecule has 4 heteroatoms. The van der Waals surface area contributed by atoms with Gasteiger partial charge in [0.15, 0.2) is 0 Å². The molecule has 4 nitrogen and oxygen atoms in total. The summed E-state index contributed by atoms with van der Waals surface area (Å²) < 4.78 is 5.39. The van der Waals surface area contributed by atoms with Gasteiger partial charge >= 0.3 is 5.97 Å². The fourth-order valence-electron chi connectivity index (χ4n) is 1.27. The normalized spacial score (nSPS) is 16.4. The molecule has 0 atom stereocenters. The summed E-state index contributed by atoms with van der Waals surface area (Å²) in [7, 11) is 0. The van der Waals surface area contributed by atoms with Crippen molar-refractivity contribution >= 4 is 12.2 Å². The van der Waals surface area contributed by atoms with Crippen LogP contribution in [0.25, 0.3) is 0 Å². The maximum atomic E-state index is 12.0. The van der Waals surface area contributed by atoms with Gasteiger partial charge in [-0.2, -0.15) is 0 Å². The van der Waals surface area contributed by atoms with Crippen molar-refractivity contribution in [1.82, 2.24) is 4.90 Å². The molecule has 0 aromatic rings. The second-order valence-corrected chi connectivity index (χ2v) is 5.35. The fraction of sp³-hybridized carbons (Fsp3) is 0.667. The van der Waals surface area contributed by atoms with E-state index in [0.717, 1.165) is 0 Å². The number of rotatable bonds is 2. The Morgan fingerprint density at radius 2 is 1.94 bits per heavy atom. The molecule has 90 valence electrons. The van der Waals surface area contributed by atoms with E-state index in [9.17, 15) is 4.79 Å². The third kappa shape index (κ3) is 3.08. The van der Waals surface area contributed by atoms with Gasteiger partial charge in [-0.25, -0.2) is 4.79 Å². The summed E-state index contributed by atoms with van der Waals surface area (Å²) in [6, 6.07) is 0. The lowest BCUT2D eigenvalue weighted by atomic mass is 10.0. The Morgan fingerprint density at radius 1 is 1.31 bits per heavy atom. The Kier molecular flexibility index (Phi) is 3.41. The highest BCUT2D eigenvalue weighted by Gasteiger charge is 2.37. The lowest BCUT2D eigenvalue weighted by Crippen LogP contribution is -2.50. The molecule has 0 spiro atoms. The zero-order valence-corrected chi connectivity index (χ0v) is 10.7. The molecular weight excluding hydrogens is 204 g/mol. The molecule has 1 heterocycles. The van der Waals surface area contributed by atoms with Crippen molar-refractivity contribution in [2.75, 3.05) is 6.67 Å². The average molecular weight is 224 g/mol. The van der Waals surface area contributed by atoms with Crippen LogP contribution < -0.4 is 0 Å². The first-order valence-corrected chi connectivity index (χ1v) is 5.40. The fourth-order valence-corrected chi connectivity index (χ4v) is 1.27. The topological polar surface area (TPSA) is 41.9 Å². The molecule has 1 aliphatic heterocycles. The molecule has 0 radical (unpaired) electrons. The molecule has 0 saturated carbocycles. The lowest BCUT2D eigenvalue weighted by molar-refractivity contribution is -0.166. The highest BCUT2D eigenvalue weighted by molar-refractivity contribution is 5.81. The van der Waals surface area contributed by atoms with Crippen LogP contribution in [-0.4, -0.2) is 34.9 Å². The number of ether oxygens (including phenoxy) is 1. The largest absolute Gasteiger partial charge is 0.458 e. The van der Waals surface area contributed by atoms with Gasteiger partial charge in [-0.1, -0.05) is 0 Å². The smallest absolute Gasteiger partial charge is 0.331 e. The standard InChI is InChI=1S/C12H20N2O2/c1-11(2,3)16-10(15)12(4,5)14-8-6-7-13-9-14/h6-8H,9H2,1-5H3. The number of hydrogen-bond donors (Lipinski definition) is 0. The summed E-state index contributed by atoms with van der Waals surface area (Å²) in [4.78, 5) is 18.0. The number of nitrogens with zero attached hydrogens (tertiary/aromatic N) is 2. The van der Waals surface area contributed by atoms with Gasteiger partial charge in [-0.05, 0) is 40.7 Å². The lowest BCUT2D eigenvalue weighted by Gasteiger charge is -2.37. The highest BCUT2D eigenvalue weighted by Crippen LogP contribution is 2.21. The van der Waals surface area contributed by atoms with Gasteiger partial charge in [0.05, 0.1) is 0 Å².